The first-order valence-electron chi connectivity index (χ1n) is 12.4. The van der Waals surface area contributed by atoms with Crippen molar-refractivity contribution >= 4 is 23.6 Å². The molecule has 2 heterocycles. The van der Waals surface area contributed by atoms with Gasteiger partial charge in [0.2, 0.25) is 0 Å². The van der Waals surface area contributed by atoms with E-state index in [0.29, 0.717) is 18.4 Å². The average molecular weight is 507 g/mol. The van der Waals surface area contributed by atoms with Gasteiger partial charge in [-0.25, -0.2) is 13.8 Å². The summed E-state index contributed by atoms with van der Waals surface area (Å²) in [6.45, 7) is 0.197. The first-order chi connectivity index (χ1) is 17.9. The van der Waals surface area contributed by atoms with Crippen molar-refractivity contribution in [3.05, 3.63) is 89.1 Å². The number of anilines is 1. The molecule has 3 aromatic rings. The van der Waals surface area contributed by atoms with Gasteiger partial charge in [-0.15, -0.1) is 0 Å². The maximum Gasteiger partial charge on any atom is 0.303 e. The van der Waals surface area contributed by atoms with Crippen LogP contribution < -0.4 is 10.2 Å². The molecule has 1 aromatic heterocycles. The second-order valence-electron chi connectivity index (χ2n) is 9.67. The van der Waals surface area contributed by atoms with Gasteiger partial charge in [0.15, 0.2) is 0 Å². The number of nitrogens with one attached hydrogen (secondary N) is 1. The van der Waals surface area contributed by atoms with E-state index >= 15 is 0 Å². The molecule has 0 saturated heterocycles. The van der Waals surface area contributed by atoms with Gasteiger partial charge >= 0.3 is 5.97 Å². The summed E-state index contributed by atoms with van der Waals surface area (Å²) in [5, 5.41) is 11.6. The SMILES string of the molecule is O=C(O)CC1CCC(c2ccc(N3C=Cc4nc(C(=O)NCc5c(F)cccc5F)cn4C3)cc2)CC1. The standard InChI is InChI=1S/C28H28F2N4O3/c29-23-2-1-3-24(30)22(23)15-31-28(37)25-16-34-17-33(13-12-26(34)32-25)21-10-8-20(9-11-21)19-6-4-18(5-7-19)14-27(35)36/h1-3,8-13,16,18-19H,4-7,14-15,17H2,(H,31,37)(H,35,36). The fourth-order valence-electron chi connectivity index (χ4n) is 5.17. The van der Waals surface area contributed by atoms with Crippen LogP contribution in [0.4, 0.5) is 14.5 Å². The number of carboxylic acid groups (broad SMARTS) is 1. The highest BCUT2D eigenvalue weighted by molar-refractivity contribution is 5.92. The number of hydrogen-bond donors (Lipinski definition) is 2. The Kier molecular flexibility index (Phi) is 7.03. The van der Waals surface area contributed by atoms with Crippen molar-refractivity contribution < 1.29 is 23.5 Å². The topological polar surface area (TPSA) is 87.5 Å². The minimum Gasteiger partial charge on any atom is -0.481 e. The van der Waals surface area contributed by atoms with Crippen LogP contribution >= 0.6 is 0 Å². The van der Waals surface area contributed by atoms with Crippen LogP contribution in [0.1, 0.15) is 65.5 Å². The monoisotopic (exact) mass is 506 g/mol. The highest BCUT2D eigenvalue weighted by atomic mass is 19.1. The predicted octanol–water partition coefficient (Wildman–Crippen LogP) is 5.29. The molecule has 0 spiro atoms. The van der Waals surface area contributed by atoms with Gasteiger partial charge in [0.25, 0.3) is 5.91 Å². The number of aliphatic carboxylic acids is 1. The molecule has 0 radical (unpaired) electrons. The minimum atomic E-state index is -0.714. The first kappa shape index (κ1) is 24.7. The molecule has 1 amide bonds. The molecule has 2 N–H and O–H groups in total. The number of fused-ring (bicyclic) bond motifs is 1. The molecule has 0 atom stereocenters. The van der Waals surface area contributed by atoms with E-state index in [1.807, 2.05) is 21.7 Å². The molecule has 7 nitrogen and oxygen atoms in total. The van der Waals surface area contributed by atoms with Gasteiger partial charge in [0, 0.05) is 36.6 Å². The van der Waals surface area contributed by atoms with E-state index in [9.17, 15) is 18.4 Å². The second kappa shape index (κ2) is 10.5. The Morgan fingerprint density at radius 3 is 2.41 bits per heavy atom. The molecule has 2 aliphatic rings. The maximum absolute atomic E-state index is 13.8. The van der Waals surface area contributed by atoms with Crippen LogP contribution in [0.3, 0.4) is 0 Å². The van der Waals surface area contributed by atoms with Crippen molar-refractivity contribution in [2.75, 3.05) is 4.90 Å². The quantitative estimate of drug-likeness (QED) is 0.455. The number of imidazole rings is 1. The molecule has 1 aliphatic heterocycles. The van der Waals surface area contributed by atoms with Crippen molar-refractivity contribution in [2.24, 2.45) is 5.92 Å². The van der Waals surface area contributed by atoms with Gasteiger partial charge in [0.1, 0.15) is 29.8 Å². The van der Waals surface area contributed by atoms with E-state index < -0.39 is 23.5 Å². The number of carbonyl (C=O) groups excluding carboxylic acids is 1. The summed E-state index contributed by atoms with van der Waals surface area (Å²) in [6, 6.07) is 12.0. The Hall–Kier alpha value is -4.01. The summed E-state index contributed by atoms with van der Waals surface area (Å²) in [7, 11) is 0. The van der Waals surface area contributed by atoms with Gasteiger partial charge in [-0.3, -0.25) is 9.59 Å². The molecule has 9 heteroatoms. The number of carbonyl (C=O) groups is 2. The van der Waals surface area contributed by atoms with Crippen molar-refractivity contribution in [1.82, 2.24) is 14.9 Å². The number of nitrogens with zero attached hydrogens (tertiary/aromatic N) is 3. The fraction of sp³-hybridized carbons (Fsp3) is 0.321. The Bertz CT molecular complexity index is 1310. The summed E-state index contributed by atoms with van der Waals surface area (Å²) in [5.74, 6) is -1.28. The number of halogens is 2. The smallest absolute Gasteiger partial charge is 0.303 e. The van der Waals surface area contributed by atoms with Crippen LogP contribution in [-0.2, 0) is 18.0 Å². The lowest BCUT2D eigenvalue weighted by molar-refractivity contribution is -0.138. The third-order valence-electron chi connectivity index (χ3n) is 7.24. The van der Waals surface area contributed by atoms with Gasteiger partial charge in [0.05, 0.1) is 0 Å². The van der Waals surface area contributed by atoms with Crippen molar-refractivity contribution in [2.45, 2.75) is 51.2 Å². The highest BCUT2D eigenvalue weighted by Gasteiger charge is 2.24. The highest BCUT2D eigenvalue weighted by Crippen LogP contribution is 2.37. The number of amides is 1. The first-order valence-corrected chi connectivity index (χ1v) is 12.4. The van der Waals surface area contributed by atoms with Gasteiger partial charge < -0.3 is 19.9 Å². The van der Waals surface area contributed by atoms with Crippen LogP contribution in [0.15, 0.2) is 54.9 Å². The number of carboxylic acids is 1. The van der Waals surface area contributed by atoms with Crippen LogP contribution in [0.5, 0.6) is 0 Å². The van der Waals surface area contributed by atoms with Crippen molar-refractivity contribution in [1.29, 1.82) is 0 Å². The van der Waals surface area contributed by atoms with E-state index in [1.54, 1.807) is 6.20 Å². The zero-order valence-electron chi connectivity index (χ0n) is 20.2. The zero-order chi connectivity index (χ0) is 25.9. The summed E-state index contributed by atoms with van der Waals surface area (Å²) < 4.78 is 29.5. The van der Waals surface area contributed by atoms with E-state index in [4.69, 9.17) is 5.11 Å². The van der Waals surface area contributed by atoms with Gasteiger partial charge in [-0.05, 0) is 73.4 Å². The van der Waals surface area contributed by atoms with Crippen LogP contribution in [0, 0.1) is 17.6 Å². The number of hydrogen-bond acceptors (Lipinski definition) is 4. The lowest BCUT2D eigenvalue weighted by atomic mass is 9.77. The normalized spacial score (nSPS) is 18.9. The fourth-order valence-corrected chi connectivity index (χ4v) is 5.17. The van der Waals surface area contributed by atoms with Crippen molar-refractivity contribution in [3.8, 4) is 0 Å². The predicted molar refractivity (Wildman–Crippen MR) is 135 cm³/mol. The second-order valence-corrected chi connectivity index (χ2v) is 9.67. The number of benzene rings is 2. The van der Waals surface area contributed by atoms with E-state index in [2.05, 4.69) is 34.6 Å². The van der Waals surface area contributed by atoms with Crippen LogP contribution in [0.25, 0.3) is 6.08 Å². The Morgan fingerprint density at radius 1 is 1.03 bits per heavy atom. The Labute approximate surface area is 213 Å². The number of rotatable bonds is 7. The van der Waals surface area contributed by atoms with Crippen molar-refractivity contribution in [3.63, 3.8) is 0 Å². The molecule has 1 fully saturated rings. The largest absolute Gasteiger partial charge is 0.481 e. The maximum atomic E-state index is 13.8. The van der Waals surface area contributed by atoms with Crippen LogP contribution in [0.2, 0.25) is 0 Å². The molecule has 2 aromatic carbocycles. The van der Waals surface area contributed by atoms with Crippen LogP contribution in [-0.4, -0.2) is 26.5 Å². The molecule has 1 saturated carbocycles. The Balaban J connectivity index is 1.19. The number of aromatic nitrogens is 2. The van der Waals surface area contributed by atoms with E-state index in [1.165, 1.54) is 11.6 Å². The molecule has 0 bridgehead atoms. The lowest BCUT2D eigenvalue weighted by Crippen LogP contribution is -2.24. The average Bonchev–Trinajstić information content (AvgIpc) is 3.32. The Morgan fingerprint density at radius 2 is 1.73 bits per heavy atom. The summed E-state index contributed by atoms with van der Waals surface area (Å²) >= 11 is 0. The molecule has 0 unspecified atom stereocenters. The third-order valence-corrected chi connectivity index (χ3v) is 7.24. The molecule has 1 aliphatic carbocycles. The zero-order valence-corrected chi connectivity index (χ0v) is 20.2. The molecule has 37 heavy (non-hydrogen) atoms. The van der Waals surface area contributed by atoms with Gasteiger partial charge in [-0.2, -0.15) is 0 Å². The third kappa shape index (κ3) is 5.55. The summed E-state index contributed by atoms with van der Waals surface area (Å²) in [6.07, 6.45) is 9.52. The van der Waals surface area contributed by atoms with E-state index in [-0.39, 0.29) is 30.1 Å². The summed E-state index contributed by atoms with van der Waals surface area (Å²) in [5.41, 5.74) is 2.25. The molecular weight excluding hydrogens is 478 g/mol. The minimum absolute atomic E-state index is 0.173. The van der Waals surface area contributed by atoms with E-state index in [0.717, 1.165) is 43.5 Å². The van der Waals surface area contributed by atoms with Gasteiger partial charge in [-0.1, -0.05) is 18.2 Å². The molecule has 192 valence electrons. The molecule has 5 rings (SSSR count). The lowest BCUT2D eigenvalue weighted by Gasteiger charge is -2.29. The summed E-state index contributed by atoms with van der Waals surface area (Å²) in [4.78, 5) is 29.9. The molecular formula is C28H28F2N4O3.